The van der Waals surface area contributed by atoms with Gasteiger partial charge in [0.1, 0.15) is 5.01 Å². The fraction of sp³-hybridized carbons (Fsp3) is 0.714. The summed E-state index contributed by atoms with van der Waals surface area (Å²) < 4.78 is 0. The first-order chi connectivity index (χ1) is 9.34. The first-order valence-electron chi connectivity index (χ1n) is 7.24. The SMILES string of the molecule is Cl.Cl.O=C(CNCC1CC1)N1CCCCC1c1nccs1. The Labute approximate surface area is 142 Å². The quantitative estimate of drug-likeness (QED) is 0.886. The van der Waals surface area contributed by atoms with Crippen molar-refractivity contribution in [2.75, 3.05) is 19.6 Å². The average Bonchev–Trinajstić information content (AvgIpc) is 3.10. The van der Waals surface area contributed by atoms with Gasteiger partial charge in [0.15, 0.2) is 0 Å². The van der Waals surface area contributed by atoms with E-state index in [0.29, 0.717) is 6.54 Å². The Morgan fingerprint density at radius 2 is 2.14 bits per heavy atom. The van der Waals surface area contributed by atoms with Gasteiger partial charge in [-0.3, -0.25) is 4.79 Å². The van der Waals surface area contributed by atoms with Gasteiger partial charge in [-0.25, -0.2) is 4.98 Å². The lowest BCUT2D eigenvalue weighted by Gasteiger charge is -2.34. The summed E-state index contributed by atoms with van der Waals surface area (Å²) in [4.78, 5) is 18.8. The van der Waals surface area contributed by atoms with Gasteiger partial charge in [-0.1, -0.05) is 0 Å². The first-order valence-corrected chi connectivity index (χ1v) is 8.12. The van der Waals surface area contributed by atoms with Crippen LogP contribution in [-0.2, 0) is 4.79 Å². The molecular formula is C14H23Cl2N3OS. The van der Waals surface area contributed by atoms with Gasteiger partial charge in [-0.2, -0.15) is 0 Å². The Morgan fingerprint density at radius 1 is 1.33 bits per heavy atom. The zero-order valence-corrected chi connectivity index (χ0v) is 14.4. The van der Waals surface area contributed by atoms with Crippen molar-refractivity contribution in [3.8, 4) is 0 Å². The van der Waals surface area contributed by atoms with Crippen molar-refractivity contribution in [1.29, 1.82) is 0 Å². The van der Waals surface area contributed by atoms with Crippen molar-refractivity contribution < 1.29 is 4.79 Å². The molecule has 0 spiro atoms. The zero-order chi connectivity index (χ0) is 13.1. The number of amides is 1. The van der Waals surface area contributed by atoms with Gasteiger partial charge < -0.3 is 10.2 Å². The van der Waals surface area contributed by atoms with Crippen molar-refractivity contribution in [2.24, 2.45) is 5.92 Å². The Morgan fingerprint density at radius 3 is 2.81 bits per heavy atom. The van der Waals surface area contributed by atoms with Crippen LogP contribution in [0.1, 0.15) is 43.2 Å². The van der Waals surface area contributed by atoms with E-state index >= 15 is 0 Å². The number of hydrogen-bond acceptors (Lipinski definition) is 4. The molecule has 4 nitrogen and oxygen atoms in total. The lowest BCUT2D eigenvalue weighted by atomic mass is 10.0. The summed E-state index contributed by atoms with van der Waals surface area (Å²) in [5.74, 6) is 1.06. The number of rotatable bonds is 5. The number of halogens is 2. The molecule has 21 heavy (non-hydrogen) atoms. The molecule has 1 aromatic rings. The van der Waals surface area contributed by atoms with Gasteiger partial charge in [0.05, 0.1) is 12.6 Å². The van der Waals surface area contributed by atoms with Crippen LogP contribution in [0.5, 0.6) is 0 Å². The van der Waals surface area contributed by atoms with E-state index in [-0.39, 0.29) is 36.8 Å². The Bertz CT molecular complexity index is 426. The van der Waals surface area contributed by atoms with Crippen LogP contribution in [0.3, 0.4) is 0 Å². The molecule has 120 valence electrons. The molecule has 0 radical (unpaired) electrons. The topological polar surface area (TPSA) is 45.2 Å². The molecule has 1 amide bonds. The molecular weight excluding hydrogens is 329 g/mol. The van der Waals surface area contributed by atoms with Gasteiger partial charge in [0.25, 0.3) is 0 Å². The number of carbonyl (C=O) groups is 1. The van der Waals surface area contributed by atoms with Crippen LogP contribution in [0.4, 0.5) is 0 Å². The molecule has 1 aliphatic carbocycles. The highest BCUT2D eigenvalue weighted by atomic mass is 35.5. The largest absolute Gasteiger partial charge is 0.332 e. The van der Waals surface area contributed by atoms with E-state index in [1.54, 1.807) is 11.3 Å². The molecule has 1 saturated carbocycles. The minimum Gasteiger partial charge on any atom is -0.332 e. The molecule has 2 heterocycles. The lowest BCUT2D eigenvalue weighted by molar-refractivity contribution is -0.134. The third-order valence-corrected chi connectivity index (χ3v) is 4.84. The molecule has 1 aromatic heterocycles. The summed E-state index contributed by atoms with van der Waals surface area (Å²) in [5.41, 5.74) is 0. The zero-order valence-electron chi connectivity index (χ0n) is 12.0. The van der Waals surface area contributed by atoms with Crippen LogP contribution in [-0.4, -0.2) is 35.4 Å². The van der Waals surface area contributed by atoms with E-state index in [9.17, 15) is 4.79 Å². The maximum absolute atomic E-state index is 12.3. The minimum atomic E-state index is 0. The van der Waals surface area contributed by atoms with Crippen molar-refractivity contribution >= 4 is 42.1 Å². The monoisotopic (exact) mass is 351 g/mol. The van der Waals surface area contributed by atoms with Crippen LogP contribution in [0.15, 0.2) is 11.6 Å². The number of piperidine rings is 1. The molecule has 0 bridgehead atoms. The number of likely N-dealkylation sites (tertiary alicyclic amines) is 1. The van der Waals surface area contributed by atoms with Gasteiger partial charge in [0, 0.05) is 18.1 Å². The predicted molar refractivity (Wildman–Crippen MR) is 90.5 cm³/mol. The van der Waals surface area contributed by atoms with Crippen molar-refractivity contribution in [3.05, 3.63) is 16.6 Å². The van der Waals surface area contributed by atoms with Crippen molar-refractivity contribution in [3.63, 3.8) is 0 Å². The molecule has 1 aliphatic heterocycles. The maximum Gasteiger partial charge on any atom is 0.237 e. The Kier molecular flexibility index (Phi) is 7.95. The summed E-state index contributed by atoms with van der Waals surface area (Å²) in [7, 11) is 0. The molecule has 2 aliphatic rings. The second-order valence-electron chi connectivity index (χ2n) is 5.54. The third-order valence-electron chi connectivity index (χ3n) is 3.97. The van der Waals surface area contributed by atoms with Crippen LogP contribution in [0.2, 0.25) is 0 Å². The van der Waals surface area contributed by atoms with Crippen LogP contribution >= 0.6 is 36.2 Å². The molecule has 1 unspecified atom stereocenters. The molecule has 0 aromatic carbocycles. The number of hydrogen-bond donors (Lipinski definition) is 1. The maximum atomic E-state index is 12.3. The first kappa shape index (κ1) is 18.7. The van der Waals surface area contributed by atoms with Gasteiger partial charge in [-0.05, 0) is 44.6 Å². The van der Waals surface area contributed by atoms with E-state index in [1.165, 1.54) is 19.3 Å². The Balaban J connectivity index is 0.00000110. The number of thiazole rings is 1. The van der Waals surface area contributed by atoms with Crippen LogP contribution in [0, 0.1) is 5.92 Å². The number of carbonyl (C=O) groups excluding carboxylic acids is 1. The molecule has 1 N–H and O–H groups in total. The smallest absolute Gasteiger partial charge is 0.237 e. The fourth-order valence-electron chi connectivity index (χ4n) is 2.69. The normalized spacial score (nSPS) is 21.3. The highest BCUT2D eigenvalue weighted by Gasteiger charge is 2.29. The van der Waals surface area contributed by atoms with Gasteiger partial charge >= 0.3 is 0 Å². The Hall–Kier alpha value is -0.360. The molecule has 3 rings (SSSR count). The molecule has 2 fully saturated rings. The van der Waals surface area contributed by atoms with Gasteiger partial charge in [-0.15, -0.1) is 36.2 Å². The second-order valence-corrected chi connectivity index (χ2v) is 6.47. The summed E-state index contributed by atoms with van der Waals surface area (Å²) >= 11 is 1.66. The predicted octanol–water partition coefficient (Wildman–Crippen LogP) is 3.04. The van der Waals surface area contributed by atoms with Crippen LogP contribution < -0.4 is 5.32 Å². The average molecular weight is 352 g/mol. The van der Waals surface area contributed by atoms with Crippen molar-refractivity contribution in [1.82, 2.24) is 15.2 Å². The van der Waals surface area contributed by atoms with Crippen molar-refractivity contribution in [2.45, 2.75) is 38.1 Å². The summed E-state index contributed by atoms with van der Waals surface area (Å²) in [6.07, 6.45) is 7.86. The number of aromatic nitrogens is 1. The molecule has 1 atom stereocenters. The minimum absolute atomic E-state index is 0. The summed E-state index contributed by atoms with van der Waals surface area (Å²) in [5, 5.41) is 6.39. The van der Waals surface area contributed by atoms with Crippen LogP contribution in [0.25, 0.3) is 0 Å². The van der Waals surface area contributed by atoms with E-state index in [2.05, 4.69) is 10.3 Å². The second kappa shape index (κ2) is 8.93. The highest BCUT2D eigenvalue weighted by molar-refractivity contribution is 7.09. The fourth-order valence-corrected chi connectivity index (χ4v) is 3.48. The lowest BCUT2D eigenvalue weighted by Crippen LogP contribution is -2.43. The number of nitrogens with zero attached hydrogens (tertiary/aromatic N) is 2. The van der Waals surface area contributed by atoms with E-state index in [1.807, 2.05) is 16.5 Å². The van der Waals surface area contributed by atoms with E-state index in [4.69, 9.17) is 0 Å². The standard InChI is InChI=1S/C14H21N3OS.2ClH/c18-13(10-15-9-11-4-5-11)17-7-2-1-3-12(17)14-16-6-8-19-14;;/h6,8,11-12,15H,1-5,7,9-10H2;2*1H. The summed E-state index contributed by atoms with van der Waals surface area (Å²) in [6.45, 7) is 2.37. The van der Waals surface area contributed by atoms with E-state index in [0.717, 1.165) is 36.9 Å². The highest BCUT2D eigenvalue weighted by Crippen LogP contribution is 2.32. The molecule has 7 heteroatoms. The number of nitrogens with one attached hydrogen (secondary N) is 1. The summed E-state index contributed by atoms with van der Waals surface area (Å²) in [6, 6.07) is 0.212. The van der Waals surface area contributed by atoms with Gasteiger partial charge in [0.2, 0.25) is 5.91 Å². The molecule has 1 saturated heterocycles. The van der Waals surface area contributed by atoms with E-state index < -0.39 is 0 Å². The third kappa shape index (κ3) is 5.09.